The van der Waals surface area contributed by atoms with Gasteiger partial charge in [0.2, 0.25) is 11.8 Å². The van der Waals surface area contributed by atoms with Crippen molar-refractivity contribution in [3.63, 3.8) is 0 Å². The number of nitrogens with one attached hydrogen (secondary N) is 1. The third-order valence-corrected chi connectivity index (χ3v) is 4.97. The van der Waals surface area contributed by atoms with E-state index in [0.717, 1.165) is 11.3 Å². The fourth-order valence-electron chi connectivity index (χ4n) is 3.30. The molecule has 8 nitrogen and oxygen atoms in total. The first-order chi connectivity index (χ1) is 14.4. The van der Waals surface area contributed by atoms with Crippen molar-refractivity contribution in [3.05, 3.63) is 76.4 Å². The number of benzene rings is 2. The minimum absolute atomic E-state index is 0.0541. The number of nitro benzene ring substituents is 1. The molecular weight excluding hydrogens is 384 g/mol. The van der Waals surface area contributed by atoms with E-state index < -0.39 is 11.0 Å². The van der Waals surface area contributed by atoms with Crippen LogP contribution in [0.3, 0.4) is 0 Å². The summed E-state index contributed by atoms with van der Waals surface area (Å²) >= 11 is 0. The minimum atomic E-state index is -0.621. The molecule has 1 N–H and O–H groups in total. The number of carbonyl (C=O) groups excluding carboxylic acids is 2. The van der Waals surface area contributed by atoms with Gasteiger partial charge in [-0.05, 0) is 30.7 Å². The normalized spacial score (nSPS) is 15.1. The third-order valence-electron chi connectivity index (χ3n) is 4.97. The lowest BCUT2D eigenvalue weighted by Gasteiger charge is -2.37. The average molecular weight is 408 g/mol. The van der Waals surface area contributed by atoms with Crippen LogP contribution >= 0.6 is 0 Å². The molecule has 2 amide bonds. The maximum atomic E-state index is 12.7. The van der Waals surface area contributed by atoms with Gasteiger partial charge in [0.1, 0.15) is 6.04 Å². The molecule has 1 fully saturated rings. The van der Waals surface area contributed by atoms with Crippen LogP contribution in [0.25, 0.3) is 6.08 Å². The van der Waals surface area contributed by atoms with Crippen LogP contribution in [0.2, 0.25) is 0 Å². The third kappa shape index (κ3) is 5.44. The van der Waals surface area contributed by atoms with Gasteiger partial charge in [0.15, 0.2) is 0 Å². The van der Waals surface area contributed by atoms with Gasteiger partial charge < -0.3 is 15.1 Å². The lowest BCUT2D eigenvalue weighted by molar-refractivity contribution is -0.384. The largest absolute Gasteiger partial charge is 0.368 e. The van der Waals surface area contributed by atoms with E-state index in [1.54, 1.807) is 30.0 Å². The van der Waals surface area contributed by atoms with Gasteiger partial charge in [0.05, 0.1) is 4.92 Å². The van der Waals surface area contributed by atoms with Crippen molar-refractivity contribution >= 4 is 29.3 Å². The summed E-state index contributed by atoms with van der Waals surface area (Å²) in [6, 6.07) is 15.2. The zero-order valence-electron chi connectivity index (χ0n) is 16.7. The highest BCUT2D eigenvalue weighted by Crippen LogP contribution is 2.20. The predicted molar refractivity (Wildman–Crippen MR) is 115 cm³/mol. The van der Waals surface area contributed by atoms with Crippen molar-refractivity contribution in [2.45, 2.75) is 13.0 Å². The van der Waals surface area contributed by atoms with Crippen molar-refractivity contribution in [3.8, 4) is 0 Å². The number of hydrogen-bond acceptors (Lipinski definition) is 5. The summed E-state index contributed by atoms with van der Waals surface area (Å²) in [5.74, 6) is -0.441. The minimum Gasteiger partial charge on any atom is -0.368 e. The average Bonchev–Trinajstić information content (AvgIpc) is 2.78. The van der Waals surface area contributed by atoms with Gasteiger partial charge in [0.25, 0.3) is 5.69 Å². The highest BCUT2D eigenvalue weighted by atomic mass is 16.6. The summed E-state index contributed by atoms with van der Waals surface area (Å²) in [4.78, 5) is 38.9. The lowest BCUT2D eigenvalue weighted by Crippen LogP contribution is -2.54. The number of carbonyl (C=O) groups is 2. The molecule has 30 heavy (non-hydrogen) atoms. The molecule has 0 aliphatic carbocycles. The molecule has 1 saturated heterocycles. The van der Waals surface area contributed by atoms with Crippen LogP contribution in [-0.4, -0.2) is 53.9 Å². The van der Waals surface area contributed by atoms with E-state index in [-0.39, 0.29) is 17.5 Å². The standard InChI is InChI=1S/C22H24N4O4/c1-17(23-21(27)12-7-18-5-3-2-4-6-18)22(28)25-15-13-24(14-16-25)19-8-10-20(11-9-19)26(29)30/h2-12,17H,13-16H2,1H3,(H,23,27)/b12-7+/t17-/m1/s1. The first-order valence-electron chi connectivity index (χ1n) is 9.76. The van der Waals surface area contributed by atoms with Crippen molar-refractivity contribution in [2.24, 2.45) is 0 Å². The maximum Gasteiger partial charge on any atom is 0.269 e. The number of anilines is 1. The number of nitro groups is 1. The molecule has 1 atom stereocenters. The van der Waals surface area contributed by atoms with Crippen molar-refractivity contribution in [1.82, 2.24) is 10.2 Å². The van der Waals surface area contributed by atoms with Gasteiger partial charge in [-0.3, -0.25) is 19.7 Å². The van der Waals surface area contributed by atoms with Crippen LogP contribution in [0, 0.1) is 10.1 Å². The van der Waals surface area contributed by atoms with E-state index >= 15 is 0 Å². The molecule has 0 unspecified atom stereocenters. The van der Waals surface area contributed by atoms with Crippen LogP contribution < -0.4 is 10.2 Å². The van der Waals surface area contributed by atoms with Gasteiger partial charge in [-0.25, -0.2) is 0 Å². The first kappa shape index (κ1) is 21.0. The SMILES string of the molecule is C[C@@H](NC(=O)/C=C/c1ccccc1)C(=O)N1CCN(c2ccc([N+](=O)[O-])cc2)CC1. The van der Waals surface area contributed by atoms with Crippen LogP contribution in [0.4, 0.5) is 11.4 Å². The lowest BCUT2D eigenvalue weighted by atomic mass is 10.2. The molecule has 0 radical (unpaired) electrons. The van der Waals surface area contributed by atoms with Gasteiger partial charge in [-0.2, -0.15) is 0 Å². The second-order valence-electron chi connectivity index (χ2n) is 7.06. The zero-order chi connectivity index (χ0) is 21.5. The Morgan fingerprint density at radius 1 is 1.03 bits per heavy atom. The summed E-state index contributed by atoms with van der Waals surface area (Å²) in [7, 11) is 0. The maximum absolute atomic E-state index is 12.7. The number of non-ortho nitro benzene ring substituents is 1. The second-order valence-corrected chi connectivity index (χ2v) is 7.06. The quantitative estimate of drug-likeness (QED) is 0.450. The molecule has 2 aromatic carbocycles. The van der Waals surface area contributed by atoms with E-state index in [1.807, 2.05) is 30.3 Å². The number of rotatable bonds is 6. The summed E-state index contributed by atoms with van der Waals surface area (Å²) < 4.78 is 0. The molecule has 2 aromatic rings. The first-order valence-corrected chi connectivity index (χ1v) is 9.76. The zero-order valence-corrected chi connectivity index (χ0v) is 16.7. The number of piperazine rings is 1. The molecule has 1 aliphatic heterocycles. The molecule has 8 heteroatoms. The van der Waals surface area contributed by atoms with E-state index in [0.29, 0.717) is 26.2 Å². The van der Waals surface area contributed by atoms with E-state index in [9.17, 15) is 19.7 Å². The van der Waals surface area contributed by atoms with Crippen LogP contribution in [-0.2, 0) is 9.59 Å². The van der Waals surface area contributed by atoms with Gasteiger partial charge in [-0.15, -0.1) is 0 Å². The Kier molecular flexibility index (Phi) is 6.79. The number of amides is 2. The van der Waals surface area contributed by atoms with Crippen molar-refractivity contribution in [2.75, 3.05) is 31.1 Å². The van der Waals surface area contributed by atoms with Gasteiger partial charge in [0, 0.05) is 50.1 Å². The van der Waals surface area contributed by atoms with Crippen LogP contribution in [0.1, 0.15) is 12.5 Å². The molecule has 156 valence electrons. The van der Waals surface area contributed by atoms with Gasteiger partial charge in [-0.1, -0.05) is 30.3 Å². The molecule has 0 bridgehead atoms. The Morgan fingerprint density at radius 3 is 2.27 bits per heavy atom. The summed E-state index contributed by atoms with van der Waals surface area (Å²) in [6.45, 7) is 3.97. The van der Waals surface area contributed by atoms with Crippen LogP contribution in [0.15, 0.2) is 60.7 Å². The Balaban J connectivity index is 1.48. The second kappa shape index (κ2) is 9.69. The van der Waals surface area contributed by atoms with E-state index in [2.05, 4.69) is 10.2 Å². The molecule has 0 spiro atoms. The predicted octanol–water partition coefficient (Wildman–Crippen LogP) is 2.46. The fraction of sp³-hybridized carbons (Fsp3) is 0.273. The van der Waals surface area contributed by atoms with E-state index in [4.69, 9.17) is 0 Å². The topological polar surface area (TPSA) is 95.8 Å². The Morgan fingerprint density at radius 2 is 1.67 bits per heavy atom. The number of nitrogens with zero attached hydrogens (tertiary/aromatic N) is 3. The van der Waals surface area contributed by atoms with Crippen molar-refractivity contribution < 1.29 is 14.5 Å². The molecule has 3 rings (SSSR count). The molecule has 0 saturated carbocycles. The Labute approximate surface area is 174 Å². The Hall–Kier alpha value is -3.68. The smallest absolute Gasteiger partial charge is 0.269 e. The monoisotopic (exact) mass is 408 g/mol. The molecule has 0 aromatic heterocycles. The van der Waals surface area contributed by atoms with Crippen molar-refractivity contribution in [1.29, 1.82) is 0 Å². The highest BCUT2D eigenvalue weighted by molar-refractivity contribution is 5.95. The fourth-order valence-corrected chi connectivity index (χ4v) is 3.30. The Bertz CT molecular complexity index is 920. The summed E-state index contributed by atoms with van der Waals surface area (Å²) in [5.41, 5.74) is 1.85. The summed E-state index contributed by atoms with van der Waals surface area (Å²) in [6.07, 6.45) is 3.13. The molecule has 1 aliphatic rings. The van der Waals surface area contributed by atoms with E-state index in [1.165, 1.54) is 18.2 Å². The molecular formula is C22H24N4O4. The van der Waals surface area contributed by atoms with Gasteiger partial charge >= 0.3 is 0 Å². The highest BCUT2D eigenvalue weighted by Gasteiger charge is 2.25. The van der Waals surface area contributed by atoms with Crippen LogP contribution in [0.5, 0.6) is 0 Å². The molecule has 1 heterocycles. The summed E-state index contributed by atoms with van der Waals surface area (Å²) in [5, 5.41) is 13.5. The number of hydrogen-bond donors (Lipinski definition) is 1.